The molecule has 7 nitrogen and oxygen atoms in total. The van der Waals surface area contributed by atoms with Crippen LogP contribution >= 0.6 is 11.6 Å². The van der Waals surface area contributed by atoms with Crippen molar-refractivity contribution in [1.29, 1.82) is 0 Å². The molecular formula is C18H18ClN3O4. The summed E-state index contributed by atoms with van der Waals surface area (Å²) >= 11 is 6.14. The van der Waals surface area contributed by atoms with E-state index in [2.05, 4.69) is 5.43 Å². The highest BCUT2D eigenvalue weighted by atomic mass is 35.5. The molecule has 0 radical (unpaired) electrons. The number of benzene rings is 2. The average molecular weight is 376 g/mol. The third kappa shape index (κ3) is 4.45. The van der Waals surface area contributed by atoms with Crippen LogP contribution in [0.4, 0.5) is 0 Å². The van der Waals surface area contributed by atoms with E-state index >= 15 is 0 Å². The highest BCUT2D eigenvalue weighted by Gasteiger charge is 2.29. The second kappa shape index (κ2) is 8.57. The van der Waals surface area contributed by atoms with Gasteiger partial charge in [-0.2, -0.15) is 0 Å². The standard InChI is InChI=1S/C18H18ClN3O4/c1-11(18(25)26)21-22(16(23)13-5-3-2-4-6-13)17(24)14-8-7-12(10-20)9-15(14)19/h2-9,11,21H,10,20H2,1H3,(H,25,26)/t11-/m0/s1. The summed E-state index contributed by atoms with van der Waals surface area (Å²) in [6, 6.07) is 11.5. The number of hydrogen-bond acceptors (Lipinski definition) is 5. The summed E-state index contributed by atoms with van der Waals surface area (Å²) in [5.74, 6) is -2.67. The molecule has 8 heteroatoms. The van der Waals surface area contributed by atoms with E-state index in [1.807, 2.05) is 0 Å². The Morgan fingerprint density at radius 2 is 1.81 bits per heavy atom. The van der Waals surface area contributed by atoms with Crippen LogP contribution in [0.2, 0.25) is 5.02 Å². The minimum atomic E-state index is -1.21. The average Bonchev–Trinajstić information content (AvgIpc) is 2.65. The molecule has 2 amide bonds. The molecule has 0 bridgehead atoms. The maximum Gasteiger partial charge on any atom is 0.322 e. The van der Waals surface area contributed by atoms with E-state index in [0.29, 0.717) is 5.01 Å². The van der Waals surface area contributed by atoms with Crippen LogP contribution in [0.15, 0.2) is 48.5 Å². The fraction of sp³-hybridized carbons (Fsp3) is 0.167. The summed E-state index contributed by atoms with van der Waals surface area (Å²) in [4.78, 5) is 36.8. The first-order chi connectivity index (χ1) is 12.3. The third-order valence-corrected chi connectivity index (χ3v) is 3.93. The quantitative estimate of drug-likeness (QED) is 0.526. The molecular weight excluding hydrogens is 358 g/mol. The van der Waals surface area contributed by atoms with Gasteiger partial charge in [0, 0.05) is 12.1 Å². The Morgan fingerprint density at radius 1 is 1.15 bits per heavy atom. The largest absolute Gasteiger partial charge is 0.480 e. The summed E-state index contributed by atoms with van der Waals surface area (Å²) < 4.78 is 0. The minimum Gasteiger partial charge on any atom is -0.480 e. The van der Waals surface area contributed by atoms with Gasteiger partial charge in [0.1, 0.15) is 6.04 Å². The van der Waals surface area contributed by atoms with E-state index in [0.717, 1.165) is 5.56 Å². The zero-order chi connectivity index (χ0) is 19.3. The minimum absolute atomic E-state index is 0.0539. The van der Waals surface area contributed by atoms with Crippen molar-refractivity contribution in [3.63, 3.8) is 0 Å². The first-order valence-electron chi connectivity index (χ1n) is 7.76. The summed E-state index contributed by atoms with van der Waals surface area (Å²) in [6.45, 7) is 1.56. The van der Waals surface area contributed by atoms with Crippen LogP contribution in [0.1, 0.15) is 33.2 Å². The van der Waals surface area contributed by atoms with Gasteiger partial charge >= 0.3 is 5.97 Å². The Labute approximate surface area is 155 Å². The number of halogens is 1. The topological polar surface area (TPSA) is 113 Å². The molecule has 0 aliphatic carbocycles. The van der Waals surface area contributed by atoms with E-state index < -0.39 is 23.8 Å². The molecule has 0 aliphatic rings. The van der Waals surface area contributed by atoms with Crippen LogP contribution in [0.5, 0.6) is 0 Å². The SMILES string of the molecule is C[C@H](NN(C(=O)c1ccccc1)C(=O)c1ccc(CN)cc1Cl)C(=O)O. The smallest absolute Gasteiger partial charge is 0.322 e. The molecule has 0 spiro atoms. The van der Waals surface area contributed by atoms with E-state index in [1.54, 1.807) is 24.3 Å². The Hall–Kier alpha value is -2.74. The van der Waals surface area contributed by atoms with Gasteiger partial charge in [-0.3, -0.25) is 14.4 Å². The first-order valence-corrected chi connectivity index (χ1v) is 8.14. The van der Waals surface area contributed by atoms with E-state index in [4.69, 9.17) is 22.4 Å². The Morgan fingerprint density at radius 3 is 2.35 bits per heavy atom. The molecule has 0 heterocycles. The fourth-order valence-corrected chi connectivity index (χ4v) is 2.43. The molecule has 2 rings (SSSR count). The van der Waals surface area contributed by atoms with Crippen LogP contribution in [0.3, 0.4) is 0 Å². The van der Waals surface area contributed by atoms with Gasteiger partial charge in [-0.05, 0) is 36.8 Å². The van der Waals surface area contributed by atoms with Crippen molar-refractivity contribution in [3.05, 3.63) is 70.2 Å². The van der Waals surface area contributed by atoms with Crippen molar-refractivity contribution in [2.45, 2.75) is 19.5 Å². The van der Waals surface area contributed by atoms with Crippen molar-refractivity contribution in [2.75, 3.05) is 0 Å². The lowest BCUT2D eigenvalue weighted by atomic mass is 10.1. The molecule has 2 aromatic carbocycles. The number of carboxylic acids is 1. The van der Waals surface area contributed by atoms with Crippen LogP contribution in [0.25, 0.3) is 0 Å². The van der Waals surface area contributed by atoms with Gasteiger partial charge in [-0.25, -0.2) is 10.4 Å². The van der Waals surface area contributed by atoms with Crippen LogP contribution in [-0.2, 0) is 11.3 Å². The lowest BCUT2D eigenvalue weighted by molar-refractivity contribution is -0.139. The van der Waals surface area contributed by atoms with Gasteiger partial charge in [0.15, 0.2) is 0 Å². The van der Waals surface area contributed by atoms with Crippen molar-refractivity contribution >= 4 is 29.4 Å². The number of hydrogen-bond donors (Lipinski definition) is 3. The van der Waals surface area contributed by atoms with Crippen LogP contribution in [-0.4, -0.2) is 33.9 Å². The molecule has 136 valence electrons. The van der Waals surface area contributed by atoms with Crippen molar-refractivity contribution < 1.29 is 19.5 Å². The Kier molecular flexibility index (Phi) is 6.46. The predicted molar refractivity (Wildman–Crippen MR) is 96.5 cm³/mol. The number of imide groups is 1. The zero-order valence-electron chi connectivity index (χ0n) is 14.0. The Bertz CT molecular complexity index is 826. The maximum absolute atomic E-state index is 12.9. The molecule has 4 N–H and O–H groups in total. The number of aliphatic carboxylic acids is 1. The maximum atomic E-state index is 12.9. The van der Waals surface area contributed by atoms with Gasteiger partial charge in [-0.15, -0.1) is 0 Å². The highest BCUT2D eigenvalue weighted by molar-refractivity contribution is 6.34. The molecule has 2 aromatic rings. The highest BCUT2D eigenvalue weighted by Crippen LogP contribution is 2.20. The number of rotatable bonds is 6. The van der Waals surface area contributed by atoms with Gasteiger partial charge in [0.05, 0.1) is 10.6 Å². The number of carbonyl (C=O) groups is 3. The lowest BCUT2D eigenvalue weighted by Gasteiger charge is -2.24. The summed E-state index contributed by atoms with van der Waals surface area (Å²) in [6.07, 6.45) is 0. The molecule has 26 heavy (non-hydrogen) atoms. The van der Waals surface area contributed by atoms with Crippen molar-refractivity contribution in [2.24, 2.45) is 5.73 Å². The third-order valence-electron chi connectivity index (χ3n) is 3.62. The van der Waals surface area contributed by atoms with Gasteiger partial charge in [0.2, 0.25) is 0 Å². The fourth-order valence-electron chi connectivity index (χ4n) is 2.15. The number of nitrogens with zero attached hydrogens (tertiary/aromatic N) is 1. The normalized spacial score (nSPS) is 11.7. The monoisotopic (exact) mass is 375 g/mol. The van der Waals surface area contributed by atoms with E-state index in [-0.39, 0.29) is 22.7 Å². The number of amides is 2. The molecule has 0 unspecified atom stereocenters. The first kappa shape index (κ1) is 19.6. The summed E-state index contributed by atoms with van der Waals surface area (Å²) in [5, 5.41) is 9.89. The van der Waals surface area contributed by atoms with Crippen LogP contribution < -0.4 is 11.2 Å². The summed E-state index contributed by atoms with van der Waals surface area (Å²) in [5.41, 5.74) is 8.96. The lowest BCUT2D eigenvalue weighted by Crippen LogP contribution is -2.53. The number of nitrogens with two attached hydrogens (primary N) is 1. The Balaban J connectivity index is 2.41. The molecule has 0 aromatic heterocycles. The molecule has 1 atom stereocenters. The second-order valence-electron chi connectivity index (χ2n) is 5.52. The molecule has 0 saturated heterocycles. The number of nitrogens with one attached hydrogen (secondary N) is 1. The van der Waals surface area contributed by atoms with Crippen LogP contribution in [0, 0.1) is 0 Å². The van der Waals surface area contributed by atoms with Gasteiger partial charge in [-0.1, -0.05) is 35.9 Å². The second-order valence-corrected chi connectivity index (χ2v) is 5.93. The number of carboxylic acid groups (broad SMARTS) is 1. The van der Waals surface area contributed by atoms with E-state index in [1.165, 1.54) is 31.2 Å². The number of carbonyl (C=O) groups excluding carboxylic acids is 2. The predicted octanol–water partition coefficient (Wildman–Crippen LogP) is 2.06. The van der Waals surface area contributed by atoms with Crippen molar-refractivity contribution in [3.8, 4) is 0 Å². The van der Waals surface area contributed by atoms with Crippen molar-refractivity contribution in [1.82, 2.24) is 10.4 Å². The molecule has 0 aliphatic heterocycles. The molecule has 0 saturated carbocycles. The molecule has 0 fully saturated rings. The van der Waals surface area contributed by atoms with Gasteiger partial charge in [0.25, 0.3) is 11.8 Å². The van der Waals surface area contributed by atoms with E-state index in [9.17, 15) is 14.4 Å². The number of hydrazine groups is 1. The summed E-state index contributed by atoms with van der Waals surface area (Å²) in [7, 11) is 0. The zero-order valence-corrected chi connectivity index (χ0v) is 14.7. The van der Waals surface area contributed by atoms with Gasteiger partial charge < -0.3 is 10.8 Å².